The molecule has 0 unspecified atom stereocenters. The molecule has 0 aliphatic rings. The molecule has 2 aromatic carbocycles. The Kier molecular flexibility index (Phi) is 3.83. The van der Waals surface area contributed by atoms with Gasteiger partial charge < -0.3 is 0 Å². The third-order valence-corrected chi connectivity index (χ3v) is 3.01. The zero-order valence-corrected chi connectivity index (χ0v) is 10.4. The van der Waals surface area contributed by atoms with E-state index in [0.29, 0.717) is 10.6 Å². The van der Waals surface area contributed by atoms with Gasteiger partial charge >= 0.3 is 0 Å². The van der Waals surface area contributed by atoms with Crippen molar-refractivity contribution < 1.29 is 13.2 Å². The quantitative estimate of drug-likeness (QED) is 0.662. The van der Waals surface area contributed by atoms with E-state index in [9.17, 15) is 13.2 Å². The van der Waals surface area contributed by atoms with Crippen LogP contribution in [0.25, 0.3) is 11.1 Å². The summed E-state index contributed by atoms with van der Waals surface area (Å²) in [6, 6.07) is 7.85. The Morgan fingerprint density at radius 2 is 1.56 bits per heavy atom. The second-order valence-corrected chi connectivity index (χ2v) is 4.51. The van der Waals surface area contributed by atoms with Crippen molar-refractivity contribution in [2.24, 2.45) is 0 Å². The van der Waals surface area contributed by atoms with E-state index in [1.165, 1.54) is 18.2 Å². The summed E-state index contributed by atoms with van der Waals surface area (Å²) in [7, 11) is 0. The number of rotatable bonds is 2. The second kappa shape index (κ2) is 5.21. The molecule has 0 aliphatic heterocycles. The monoisotopic (exact) mass is 290 g/mol. The fraction of sp³-hybridized carbons (Fsp3) is 0.0769. The Bertz CT molecular complexity index is 582. The Balaban J connectivity index is 2.51. The highest BCUT2D eigenvalue weighted by Gasteiger charge is 2.13. The summed E-state index contributed by atoms with van der Waals surface area (Å²) in [4.78, 5) is 0. The van der Waals surface area contributed by atoms with Crippen LogP contribution in [0, 0.1) is 5.82 Å². The summed E-state index contributed by atoms with van der Waals surface area (Å²) in [5, 5.41) is 0.694. The average Bonchev–Trinajstić information content (AvgIpc) is 2.30. The van der Waals surface area contributed by atoms with E-state index in [1.54, 1.807) is 12.1 Å². The molecule has 0 bridgehead atoms. The molecular weight excluding hydrogens is 284 g/mol. The first kappa shape index (κ1) is 13.2. The lowest BCUT2D eigenvalue weighted by Crippen LogP contribution is -1.90. The summed E-state index contributed by atoms with van der Waals surface area (Å²) >= 11 is 11.7. The van der Waals surface area contributed by atoms with Gasteiger partial charge in [-0.05, 0) is 18.2 Å². The molecule has 5 heteroatoms. The summed E-state index contributed by atoms with van der Waals surface area (Å²) < 4.78 is 38.6. The minimum absolute atomic E-state index is 0.168. The predicted molar refractivity (Wildman–Crippen MR) is 66.8 cm³/mol. The van der Waals surface area contributed by atoms with Gasteiger partial charge in [-0.3, -0.25) is 0 Å². The van der Waals surface area contributed by atoms with Gasteiger partial charge in [0.25, 0.3) is 6.43 Å². The van der Waals surface area contributed by atoms with Gasteiger partial charge in [-0.25, -0.2) is 13.2 Å². The fourth-order valence-electron chi connectivity index (χ4n) is 1.59. The average molecular weight is 291 g/mol. The fourth-order valence-corrected chi connectivity index (χ4v) is 2.10. The molecule has 0 heterocycles. The molecule has 2 rings (SSSR count). The number of halogens is 5. The molecule has 0 saturated carbocycles. The van der Waals surface area contributed by atoms with E-state index in [-0.39, 0.29) is 16.1 Å². The van der Waals surface area contributed by atoms with E-state index in [2.05, 4.69) is 0 Å². The van der Waals surface area contributed by atoms with Gasteiger partial charge in [0.15, 0.2) is 0 Å². The van der Waals surface area contributed by atoms with Crippen molar-refractivity contribution in [3.63, 3.8) is 0 Å². The van der Waals surface area contributed by atoms with Gasteiger partial charge in [0.05, 0.1) is 0 Å². The van der Waals surface area contributed by atoms with Gasteiger partial charge in [-0.15, -0.1) is 0 Å². The minimum Gasteiger partial charge on any atom is -0.206 e. The third kappa shape index (κ3) is 2.62. The SMILES string of the molecule is Fc1cc(C(F)F)ccc1-c1ccc(Cl)cc1Cl. The predicted octanol–water partition coefficient (Wildman–Crippen LogP) is 5.74. The van der Waals surface area contributed by atoms with Crippen LogP contribution in [0.4, 0.5) is 13.2 Å². The molecule has 0 N–H and O–H groups in total. The number of hydrogen-bond donors (Lipinski definition) is 0. The van der Waals surface area contributed by atoms with E-state index >= 15 is 0 Å². The maximum Gasteiger partial charge on any atom is 0.263 e. The smallest absolute Gasteiger partial charge is 0.206 e. The molecule has 0 radical (unpaired) electrons. The van der Waals surface area contributed by atoms with Crippen LogP contribution in [0.2, 0.25) is 10.0 Å². The summed E-state index contributed by atoms with van der Waals surface area (Å²) in [5.41, 5.74) is 0.224. The highest BCUT2D eigenvalue weighted by Crippen LogP contribution is 2.33. The van der Waals surface area contributed by atoms with Crippen molar-refractivity contribution in [3.05, 3.63) is 57.8 Å². The molecule has 0 spiro atoms. The lowest BCUT2D eigenvalue weighted by atomic mass is 10.0. The van der Waals surface area contributed by atoms with Crippen molar-refractivity contribution in [1.29, 1.82) is 0 Å². The molecule has 0 aromatic heterocycles. The molecule has 0 fully saturated rings. The third-order valence-electron chi connectivity index (χ3n) is 2.47. The molecule has 0 atom stereocenters. The van der Waals surface area contributed by atoms with Crippen LogP contribution in [-0.4, -0.2) is 0 Å². The maximum absolute atomic E-state index is 13.8. The van der Waals surface area contributed by atoms with Gasteiger partial charge in [0.1, 0.15) is 5.82 Å². The molecule has 0 aliphatic carbocycles. The van der Waals surface area contributed by atoms with Crippen molar-refractivity contribution in [3.8, 4) is 11.1 Å². The van der Waals surface area contributed by atoms with Gasteiger partial charge in [0, 0.05) is 26.7 Å². The topological polar surface area (TPSA) is 0 Å². The number of benzene rings is 2. The Hall–Kier alpha value is -1.19. The zero-order valence-electron chi connectivity index (χ0n) is 8.93. The van der Waals surface area contributed by atoms with Crippen molar-refractivity contribution in [2.45, 2.75) is 6.43 Å². The summed E-state index contributed by atoms with van der Waals surface area (Å²) in [6.45, 7) is 0. The van der Waals surface area contributed by atoms with Crippen LogP contribution < -0.4 is 0 Å². The minimum atomic E-state index is -2.70. The van der Waals surface area contributed by atoms with Gasteiger partial charge in [-0.1, -0.05) is 41.4 Å². The molecular formula is C13H7Cl2F3. The molecule has 0 amide bonds. The van der Waals surface area contributed by atoms with Crippen LogP contribution in [0.1, 0.15) is 12.0 Å². The second-order valence-electron chi connectivity index (χ2n) is 3.66. The van der Waals surface area contributed by atoms with Crippen LogP contribution in [-0.2, 0) is 0 Å². The maximum atomic E-state index is 13.8. The summed E-state index contributed by atoms with van der Waals surface area (Å²) in [6.07, 6.45) is -2.70. The lowest BCUT2D eigenvalue weighted by molar-refractivity contribution is 0.151. The van der Waals surface area contributed by atoms with Gasteiger partial charge in [-0.2, -0.15) is 0 Å². The highest BCUT2D eigenvalue weighted by atomic mass is 35.5. The first-order valence-electron chi connectivity index (χ1n) is 5.02. The Morgan fingerprint density at radius 1 is 0.889 bits per heavy atom. The number of hydrogen-bond acceptors (Lipinski definition) is 0. The van der Waals surface area contributed by atoms with E-state index < -0.39 is 12.2 Å². The van der Waals surface area contributed by atoms with Crippen LogP contribution in [0.3, 0.4) is 0 Å². The normalized spacial score (nSPS) is 11.0. The van der Waals surface area contributed by atoms with Crippen LogP contribution in [0.15, 0.2) is 36.4 Å². The molecule has 0 saturated heterocycles. The van der Waals surface area contributed by atoms with E-state index in [1.807, 2.05) is 0 Å². The first-order valence-corrected chi connectivity index (χ1v) is 5.77. The lowest BCUT2D eigenvalue weighted by Gasteiger charge is -2.08. The van der Waals surface area contributed by atoms with Crippen molar-refractivity contribution in [2.75, 3.05) is 0 Å². The van der Waals surface area contributed by atoms with E-state index in [4.69, 9.17) is 23.2 Å². The Labute approximate surface area is 112 Å². The van der Waals surface area contributed by atoms with Crippen molar-refractivity contribution >= 4 is 23.2 Å². The zero-order chi connectivity index (χ0) is 13.3. The molecule has 94 valence electrons. The molecule has 2 aromatic rings. The van der Waals surface area contributed by atoms with Crippen LogP contribution in [0.5, 0.6) is 0 Å². The first-order chi connectivity index (χ1) is 8.49. The molecule has 18 heavy (non-hydrogen) atoms. The summed E-state index contributed by atoms with van der Waals surface area (Å²) in [5.74, 6) is -0.739. The largest absolute Gasteiger partial charge is 0.263 e. The number of alkyl halides is 2. The Morgan fingerprint density at radius 3 is 2.11 bits per heavy atom. The van der Waals surface area contributed by atoms with Gasteiger partial charge in [0.2, 0.25) is 0 Å². The highest BCUT2D eigenvalue weighted by molar-refractivity contribution is 6.36. The molecule has 0 nitrogen and oxygen atoms in total. The van der Waals surface area contributed by atoms with Crippen LogP contribution >= 0.6 is 23.2 Å². The standard InChI is InChI=1S/C13H7Cl2F3/c14-8-2-4-9(11(15)6-8)10-3-1-7(13(17)18)5-12(10)16/h1-6,13H. The van der Waals surface area contributed by atoms with E-state index in [0.717, 1.165) is 6.07 Å². The van der Waals surface area contributed by atoms with Crippen molar-refractivity contribution in [1.82, 2.24) is 0 Å².